The third-order valence-corrected chi connectivity index (χ3v) is 9.16. The molecule has 2 aliphatic rings. The smallest absolute Gasteiger partial charge is 0.229 e. The van der Waals surface area contributed by atoms with E-state index in [0.717, 1.165) is 38.0 Å². The van der Waals surface area contributed by atoms with E-state index >= 15 is 0 Å². The lowest BCUT2D eigenvalue weighted by Crippen LogP contribution is -2.52. The number of benzene rings is 2. The summed E-state index contributed by atoms with van der Waals surface area (Å²) in [6, 6.07) is 16.4. The first-order chi connectivity index (χ1) is 15.3. The van der Waals surface area contributed by atoms with Gasteiger partial charge in [-0.2, -0.15) is 0 Å². The lowest BCUT2D eigenvalue weighted by molar-refractivity contribution is -0.120. The molecule has 1 N–H and O–H groups in total. The van der Waals surface area contributed by atoms with Crippen LogP contribution in [0.15, 0.2) is 48.5 Å². The number of thiophene rings is 1. The third kappa shape index (κ3) is 3.75. The van der Waals surface area contributed by atoms with E-state index < -0.39 is 10.0 Å². The fourth-order valence-corrected chi connectivity index (χ4v) is 7.80. The number of fused-ring (bicyclic) bond motifs is 3. The minimum Gasteiger partial charge on any atom is -0.373 e. The molecule has 7 heteroatoms. The van der Waals surface area contributed by atoms with Crippen LogP contribution in [0.2, 0.25) is 0 Å². The number of ether oxygens (including phenoxy) is 1. The fraction of sp³-hybridized carbons (Fsp3) is 0.440. The second-order valence-corrected chi connectivity index (χ2v) is 12.1. The molecule has 2 unspecified atom stereocenters. The van der Waals surface area contributed by atoms with Crippen LogP contribution in [0.4, 0.5) is 5.69 Å². The SMILES string of the molecule is COC1(c2cccc(NS(C)(=O)=O)c2)C2CCC1CN(Cc1sc3ccccc3c1C)C2. The van der Waals surface area contributed by atoms with Crippen LogP contribution >= 0.6 is 11.3 Å². The van der Waals surface area contributed by atoms with Gasteiger partial charge in [0.1, 0.15) is 5.60 Å². The highest BCUT2D eigenvalue weighted by Gasteiger charge is 2.55. The quantitative estimate of drug-likeness (QED) is 0.553. The summed E-state index contributed by atoms with van der Waals surface area (Å²) in [5.74, 6) is 0.767. The van der Waals surface area contributed by atoms with Gasteiger partial charge in [-0.25, -0.2) is 8.42 Å². The Bertz CT molecular complexity index is 1240. The van der Waals surface area contributed by atoms with Crippen molar-refractivity contribution < 1.29 is 13.2 Å². The zero-order valence-corrected chi connectivity index (χ0v) is 20.4. The number of rotatable bonds is 6. The summed E-state index contributed by atoms with van der Waals surface area (Å²) < 4.78 is 33.8. The van der Waals surface area contributed by atoms with Crippen LogP contribution in [0.25, 0.3) is 10.1 Å². The van der Waals surface area contributed by atoms with Crippen LogP contribution in [0.5, 0.6) is 0 Å². The van der Waals surface area contributed by atoms with Gasteiger partial charge in [-0.3, -0.25) is 9.62 Å². The summed E-state index contributed by atoms with van der Waals surface area (Å²) >= 11 is 1.91. The molecule has 170 valence electrons. The maximum absolute atomic E-state index is 11.7. The molecule has 1 saturated heterocycles. The molecule has 5 rings (SSSR count). The van der Waals surface area contributed by atoms with Gasteiger partial charge in [-0.05, 0) is 54.5 Å². The van der Waals surface area contributed by atoms with Crippen molar-refractivity contribution in [1.29, 1.82) is 0 Å². The van der Waals surface area contributed by atoms with Crippen molar-refractivity contribution in [1.82, 2.24) is 4.90 Å². The van der Waals surface area contributed by atoms with Crippen molar-refractivity contribution >= 4 is 37.1 Å². The van der Waals surface area contributed by atoms with Gasteiger partial charge in [0.25, 0.3) is 0 Å². The van der Waals surface area contributed by atoms with Crippen LogP contribution in [0, 0.1) is 18.8 Å². The monoisotopic (exact) mass is 470 g/mol. The fourth-order valence-electron chi connectivity index (χ4n) is 5.99. The zero-order valence-electron chi connectivity index (χ0n) is 18.8. The Morgan fingerprint density at radius 2 is 1.84 bits per heavy atom. The number of hydrogen-bond donors (Lipinski definition) is 1. The molecular weight excluding hydrogens is 440 g/mol. The second kappa shape index (κ2) is 8.13. The molecule has 2 atom stereocenters. The standard InChI is InChI=1S/C25H30N2O3S2/c1-17-22-9-4-5-10-23(22)31-24(17)16-27-14-19-11-12-20(15-27)25(19,30-2)18-7-6-8-21(13-18)26-32(3,28)29/h4-10,13,19-20,26H,11-12,14-16H2,1-3H3. The number of nitrogens with zero attached hydrogens (tertiary/aromatic N) is 1. The number of sulfonamides is 1. The molecule has 1 aliphatic carbocycles. The number of anilines is 1. The minimum absolute atomic E-state index is 0.360. The molecule has 2 fully saturated rings. The van der Waals surface area contributed by atoms with Crippen molar-refractivity contribution in [3.8, 4) is 0 Å². The van der Waals surface area contributed by atoms with E-state index in [1.165, 1.54) is 26.8 Å². The Morgan fingerprint density at radius 1 is 1.12 bits per heavy atom. The van der Waals surface area contributed by atoms with Gasteiger partial charge in [0.05, 0.1) is 6.26 Å². The third-order valence-electron chi connectivity index (χ3n) is 7.30. The number of piperidine rings is 1. The summed E-state index contributed by atoms with van der Waals surface area (Å²) in [7, 11) is -1.51. The number of aryl methyl sites for hydroxylation is 1. The minimum atomic E-state index is -3.32. The van der Waals surface area contributed by atoms with E-state index in [9.17, 15) is 8.42 Å². The Morgan fingerprint density at radius 3 is 2.50 bits per heavy atom. The van der Waals surface area contributed by atoms with Crippen molar-refractivity contribution in [3.05, 3.63) is 64.5 Å². The van der Waals surface area contributed by atoms with Crippen molar-refractivity contribution in [2.45, 2.75) is 31.9 Å². The van der Waals surface area contributed by atoms with Gasteiger partial charge in [0.2, 0.25) is 10.0 Å². The molecule has 3 aromatic rings. The van der Waals surface area contributed by atoms with Crippen molar-refractivity contribution in [2.75, 3.05) is 31.2 Å². The van der Waals surface area contributed by atoms with E-state index in [1.807, 2.05) is 30.6 Å². The Hall–Kier alpha value is -1.93. The topological polar surface area (TPSA) is 58.6 Å². The summed E-state index contributed by atoms with van der Waals surface area (Å²) in [6.07, 6.45) is 3.44. The summed E-state index contributed by atoms with van der Waals surface area (Å²) in [5, 5.41) is 1.37. The number of hydrogen-bond acceptors (Lipinski definition) is 5. The highest BCUT2D eigenvalue weighted by Crippen LogP contribution is 2.54. The first kappa shape index (κ1) is 21.9. The van der Waals surface area contributed by atoms with Crippen LogP contribution < -0.4 is 4.72 Å². The first-order valence-corrected chi connectivity index (χ1v) is 13.8. The number of likely N-dealkylation sites (tertiary alicyclic amines) is 1. The molecule has 2 aromatic carbocycles. The maximum atomic E-state index is 11.7. The molecule has 2 bridgehead atoms. The van der Waals surface area contributed by atoms with Gasteiger partial charge < -0.3 is 4.74 Å². The van der Waals surface area contributed by atoms with Crippen molar-refractivity contribution in [2.24, 2.45) is 11.8 Å². The van der Waals surface area contributed by atoms with Crippen LogP contribution in [-0.4, -0.2) is 39.8 Å². The number of nitrogens with one attached hydrogen (secondary N) is 1. The molecule has 0 amide bonds. The zero-order chi connectivity index (χ0) is 22.5. The average Bonchev–Trinajstić information content (AvgIpc) is 3.16. The number of methoxy groups -OCH3 is 1. The second-order valence-electron chi connectivity index (χ2n) is 9.26. The van der Waals surface area contributed by atoms with E-state index in [1.54, 1.807) is 6.07 Å². The van der Waals surface area contributed by atoms with Crippen LogP contribution in [0.3, 0.4) is 0 Å². The average molecular weight is 471 g/mol. The van der Waals surface area contributed by atoms with E-state index in [0.29, 0.717) is 17.5 Å². The molecule has 32 heavy (non-hydrogen) atoms. The molecule has 1 aromatic heterocycles. The summed E-state index contributed by atoms with van der Waals surface area (Å²) in [6.45, 7) is 5.20. The van der Waals surface area contributed by atoms with Gasteiger partial charge in [0, 0.05) is 53.8 Å². The molecule has 5 nitrogen and oxygen atoms in total. The van der Waals surface area contributed by atoms with E-state index in [-0.39, 0.29) is 5.60 Å². The molecule has 1 saturated carbocycles. The predicted octanol–water partition coefficient (Wildman–Crippen LogP) is 4.96. The lowest BCUT2D eigenvalue weighted by atomic mass is 9.74. The largest absolute Gasteiger partial charge is 0.373 e. The Kier molecular flexibility index (Phi) is 5.56. The van der Waals surface area contributed by atoms with Crippen LogP contribution in [-0.2, 0) is 26.9 Å². The first-order valence-electron chi connectivity index (χ1n) is 11.1. The predicted molar refractivity (Wildman–Crippen MR) is 132 cm³/mol. The van der Waals surface area contributed by atoms with Gasteiger partial charge >= 0.3 is 0 Å². The van der Waals surface area contributed by atoms with Crippen molar-refractivity contribution in [3.63, 3.8) is 0 Å². The van der Waals surface area contributed by atoms with Crippen LogP contribution in [0.1, 0.15) is 28.8 Å². The maximum Gasteiger partial charge on any atom is 0.229 e. The normalized spacial score (nSPS) is 26.0. The lowest BCUT2D eigenvalue weighted by Gasteiger charge is -2.47. The van der Waals surface area contributed by atoms with E-state index in [4.69, 9.17) is 4.74 Å². The highest BCUT2D eigenvalue weighted by molar-refractivity contribution is 7.92. The molecule has 2 heterocycles. The molecular formula is C25H30N2O3S2. The molecule has 1 aliphatic heterocycles. The summed E-state index contributed by atoms with van der Waals surface area (Å²) in [5.41, 5.74) is 2.73. The summed E-state index contributed by atoms with van der Waals surface area (Å²) in [4.78, 5) is 4.05. The van der Waals surface area contributed by atoms with Gasteiger partial charge in [-0.1, -0.05) is 30.3 Å². The molecule has 0 spiro atoms. The van der Waals surface area contributed by atoms with Gasteiger partial charge in [-0.15, -0.1) is 11.3 Å². The molecule has 0 radical (unpaired) electrons. The van der Waals surface area contributed by atoms with E-state index in [2.05, 4.69) is 46.9 Å². The highest BCUT2D eigenvalue weighted by atomic mass is 32.2. The Labute approximate surface area is 194 Å². The Balaban J connectivity index is 1.41. The van der Waals surface area contributed by atoms with Gasteiger partial charge in [0.15, 0.2) is 0 Å².